The van der Waals surface area contributed by atoms with Gasteiger partial charge in [0.15, 0.2) is 0 Å². The second kappa shape index (κ2) is 17.0. The van der Waals surface area contributed by atoms with Gasteiger partial charge in [0.05, 0.1) is 0 Å². The van der Waals surface area contributed by atoms with Crippen molar-refractivity contribution in [1.29, 1.82) is 0 Å². The summed E-state index contributed by atoms with van der Waals surface area (Å²) in [6, 6.07) is 0. The third-order valence-electron chi connectivity index (χ3n) is 0. The average Bonchev–Trinajstić information content (AvgIpc) is 1.25. The van der Waals surface area contributed by atoms with E-state index in [0.717, 1.165) is 0 Å². The van der Waals surface area contributed by atoms with Gasteiger partial charge in [-0.05, 0) is 0 Å². The second-order valence-corrected chi connectivity index (χ2v) is 1.19. The van der Waals surface area contributed by atoms with Crippen LogP contribution in [0.4, 0.5) is 0 Å². The second-order valence-electron chi connectivity index (χ2n) is 0.629. The summed E-state index contributed by atoms with van der Waals surface area (Å²) in [5.74, 6) is 0. The Labute approximate surface area is 112 Å². The van der Waals surface area contributed by atoms with Gasteiger partial charge in [-0.25, -0.2) is 0 Å². The maximum absolute atomic E-state index is 8.74. The standard InChI is InChI=1S/BH3O3.Ba.Li.H2O3Si.3H/c2-1(3)4;;;1-4(2)3;;;/h2-4H;;;1-2H;;;. The summed E-state index contributed by atoms with van der Waals surface area (Å²) in [5.41, 5.74) is 0. The fraction of sp³-hybridized carbons (Fsp3) is 0. The monoisotopic (exact) mass is 288 g/mol. The van der Waals surface area contributed by atoms with Crippen molar-refractivity contribution in [3.63, 3.8) is 0 Å². The minimum atomic E-state index is -3.13. The summed E-state index contributed by atoms with van der Waals surface area (Å²) in [6.45, 7) is 0. The molecule has 0 fully saturated rings. The molecule has 0 saturated heterocycles. The summed E-state index contributed by atoms with van der Waals surface area (Å²) in [7, 11) is -5.30. The van der Waals surface area contributed by atoms with Gasteiger partial charge in [-0.2, -0.15) is 0 Å². The van der Waals surface area contributed by atoms with Crippen molar-refractivity contribution in [1.82, 2.24) is 0 Å². The van der Waals surface area contributed by atoms with Crippen molar-refractivity contribution in [2.45, 2.75) is 0 Å². The minimum absolute atomic E-state index is 0. The zero-order valence-electron chi connectivity index (χ0n) is 3.72. The Bertz CT molecular complexity index is 62.0. The van der Waals surface area contributed by atoms with Gasteiger partial charge in [0, 0.05) is 0 Å². The van der Waals surface area contributed by atoms with Crippen molar-refractivity contribution in [2.24, 2.45) is 0 Å². The molecule has 0 aliphatic heterocycles. The first kappa shape index (κ1) is 22.6. The summed E-state index contributed by atoms with van der Waals surface area (Å²) in [5, 5.41) is 21.5. The Morgan fingerprint density at radius 2 is 1.10 bits per heavy atom. The number of rotatable bonds is 0. The Balaban J connectivity index is -0.0000000300. The summed E-state index contributed by atoms with van der Waals surface area (Å²) < 4.78 is 8.74. The van der Waals surface area contributed by atoms with E-state index < -0.39 is 16.5 Å². The molecule has 0 unspecified atom stereocenters. The van der Waals surface area contributed by atoms with Crippen LogP contribution in [0.25, 0.3) is 0 Å². The molecule has 0 aromatic carbocycles. The van der Waals surface area contributed by atoms with Gasteiger partial charge in [0.1, 0.15) is 0 Å². The molecule has 0 aliphatic rings. The quantitative estimate of drug-likeness (QED) is 0.284. The van der Waals surface area contributed by atoms with Gasteiger partial charge in [-0.15, -0.1) is 0 Å². The maximum atomic E-state index is 8.74. The SMILES string of the molecule is O=[Si](O)O.OB(O)O.[BaH2].[LiH]. The first-order valence-electron chi connectivity index (χ1n) is 1.43. The van der Waals surface area contributed by atoms with Crippen LogP contribution in [0, 0.1) is 0 Å². The van der Waals surface area contributed by atoms with Crippen molar-refractivity contribution in [3.8, 4) is 0 Å². The van der Waals surface area contributed by atoms with Crippen LogP contribution < -0.4 is 0 Å². The van der Waals surface area contributed by atoms with Crippen LogP contribution in [0.15, 0.2) is 0 Å². The van der Waals surface area contributed by atoms with Crippen LogP contribution in [0.5, 0.6) is 0 Å². The van der Waals surface area contributed by atoms with Gasteiger partial charge < -0.3 is 24.7 Å². The van der Waals surface area contributed by atoms with Crippen molar-refractivity contribution >= 4 is 84.2 Å². The zero-order valence-corrected chi connectivity index (χ0v) is 4.72. The van der Waals surface area contributed by atoms with Crippen LogP contribution in [0.2, 0.25) is 0 Å². The van der Waals surface area contributed by atoms with E-state index in [1.54, 1.807) is 0 Å². The van der Waals surface area contributed by atoms with Gasteiger partial charge in [-0.3, -0.25) is 4.46 Å². The number of hydrogen-bond donors (Lipinski definition) is 5. The van der Waals surface area contributed by atoms with E-state index in [9.17, 15) is 0 Å². The molecule has 5 N–H and O–H groups in total. The van der Waals surface area contributed by atoms with E-state index in [1.165, 1.54) is 0 Å². The predicted octanol–water partition coefficient (Wildman–Crippen LogP) is -5.23. The molecule has 0 spiro atoms. The Kier molecular flexibility index (Phi) is 38.4. The molecule has 0 rings (SSSR count). The molecule has 0 bridgehead atoms. The van der Waals surface area contributed by atoms with Gasteiger partial charge in [0.25, 0.3) is 0 Å². The summed E-state index contributed by atoms with van der Waals surface area (Å²) in [6.07, 6.45) is 0. The molecular weight excluding hydrogens is 279 g/mol. The summed E-state index contributed by atoms with van der Waals surface area (Å²) >= 11 is 0. The fourth-order valence-electron chi connectivity index (χ4n) is 0. The first-order valence-corrected chi connectivity index (χ1v) is 2.73. The van der Waals surface area contributed by atoms with E-state index in [4.69, 9.17) is 29.1 Å². The van der Waals surface area contributed by atoms with Crippen LogP contribution in [0.1, 0.15) is 0 Å². The van der Waals surface area contributed by atoms with Crippen molar-refractivity contribution < 1.29 is 29.1 Å². The van der Waals surface area contributed by atoms with Crippen LogP contribution in [0.3, 0.4) is 0 Å². The molecule has 0 atom stereocenters. The topological polar surface area (TPSA) is 118 Å². The van der Waals surface area contributed by atoms with E-state index in [0.29, 0.717) is 0 Å². The molecule has 0 aromatic rings. The molecule has 10 heavy (non-hydrogen) atoms. The predicted molar refractivity (Wildman–Crippen MR) is 39.0 cm³/mol. The third-order valence-corrected chi connectivity index (χ3v) is 0. The third kappa shape index (κ3) is 248. The van der Waals surface area contributed by atoms with Crippen LogP contribution in [-0.4, -0.2) is 109 Å². The molecule has 0 aromatic heterocycles. The normalized spacial score (nSPS) is 5.10. The van der Waals surface area contributed by atoms with E-state index >= 15 is 0 Å². The van der Waals surface area contributed by atoms with Crippen LogP contribution >= 0.6 is 0 Å². The van der Waals surface area contributed by atoms with Gasteiger partial charge in [-0.1, -0.05) is 0 Å². The molecule has 0 saturated carbocycles. The van der Waals surface area contributed by atoms with Crippen molar-refractivity contribution in [3.05, 3.63) is 0 Å². The fourth-order valence-corrected chi connectivity index (χ4v) is 0. The molecule has 0 aliphatic carbocycles. The average molecular weight is 287 g/mol. The van der Waals surface area contributed by atoms with Gasteiger partial charge >= 0.3 is 84.2 Å². The first-order chi connectivity index (χ1) is 3.46. The number of hydrogen-bond acceptors (Lipinski definition) is 4. The van der Waals surface area contributed by atoms with E-state index in [2.05, 4.69) is 0 Å². The Hall–Kier alpha value is 1.73. The molecule has 6 nitrogen and oxygen atoms in total. The Morgan fingerprint density at radius 3 is 1.10 bits per heavy atom. The molecule has 0 amide bonds. The van der Waals surface area contributed by atoms with Gasteiger partial charge in [0.2, 0.25) is 0 Å². The Morgan fingerprint density at radius 1 is 1.10 bits per heavy atom. The summed E-state index contributed by atoms with van der Waals surface area (Å²) in [4.78, 5) is 14.3. The molecule has 10 heteroatoms. The molecule has 54 valence electrons. The van der Waals surface area contributed by atoms with E-state index in [1.807, 2.05) is 0 Å². The molecule has 0 heterocycles. The van der Waals surface area contributed by atoms with Crippen LogP contribution in [-0.2, 0) is 4.46 Å². The molecule has 0 radical (unpaired) electrons. The van der Waals surface area contributed by atoms with Crippen molar-refractivity contribution in [2.75, 3.05) is 0 Å². The van der Waals surface area contributed by atoms with E-state index in [-0.39, 0.29) is 67.7 Å². The zero-order chi connectivity index (χ0) is 7.15. The molecular formula is H8BBaLiO6Si.